The quantitative estimate of drug-likeness (QED) is 0.506. The van der Waals surface area contributed by atoms with Gasteiger partial charge < -0.3 is 9.47 Å². The van der Waals surface area contributed by atoms with E-state index in [0.29, 0.717) is 30.6 Å². The first-order valence-electron chi connectivity index (χ1n) is 8.07. The summed E-state index contributed by atoms with van der Waals surface area (Å²) >= 11 is 3.34. The van der Waals surface area contributed by atoms with Gasteiger partial charge in [0.05, 0.1) is 13.2 Å². The van der Waals surface area contributed by atoms with Crippen molar-refractivity contribution in [3.05, 3.63) is 52.4 Å². The van der Waals surface area contributed by atoms with Crippen LogP contribution in [-0.4, -0.2) is 29.2 Å². The average Bonchev–Trinajstić information content (AvgIpc) is 3.43. The Morgan fingerprint density at radius 3 is 2.83 bits per heavy atom. The largest absolute Gasteiger partial charge is 0.477 e. The molecule has 0 atom stereocenters. The molecule has 24 heavy (non-hydrogen) atoms. The minimum atomic E-state index is -0.399. The van der Waals surface area contributed by atoms with Crippen LogP contribution in [0.5, 0.6) is 5.88 Å². The molecular weight excluding hydrogens is 372 g/mol. The summed E-state index contributed by atoms with van der Waals surface area (Å²) in [6.45, 7) is 0.965. The van der Waals surface area contributed by atoms with Crippen molar-refractivity contribution in [2.75, 3.05) is 13.2 Å². The SMILES string of the molecule is O=C(OCCCc1ccncc1)c1cc(Br)cnc1OCC1CC1. The highest BCUT2D eigenvalue weighted by Crippen LogP contribution is 2.30. The van der Waals surface area contributed by atoms with Crippen LogP contribution in [0, 0.1) is 5.92 Å². The number of halogens is 1. The molecule has 0 aliphatic heterocycles. The third kappa shape index (κ3) is 5.03. The number of hydrogen-bond acceptors (Lipinski definition) is 5. The van der Waals surface area contributed by atoms with Gasteiger partial charge in [0.1, 0.15) is 5.56 Å². The Labute approximate surface area is 149 Å². The van der Waals surface area contributed by atoms with Crippen molar-refractivity contribution in [1.82, 2.24) is 9.97 Å². The highest BCUT2D eigenvalue weighted by Gasteiger charge is 2.24. The van der Waals surface area contributed by atoms with Gasteiger partial charge in [-0.25, -0.2) is 9.78 Å². The zero-order valence-electron chi connectivity index (χ0n) is 13.3. The first-order chi connectivity index (χ1) is 11.7. The van der Waals surface area contributed by atoms with E-state index >= 15 is 0 Å². The molecule has 5 nitrogen and oxygen atoms in total. The predicted octanol–water partition coefficient (Wildman–Crippen LogP) is 3.82. The van der Waals surface area contributed by atoms with Crippen molar-refractivity contribution in [3.8, 4) is 5.88 Å². The smallest absolute Gasteiger partial charge is 0.343 e. The van der Waals surface area contributed by atoms with Crippen LogP contribution < -0.4 is 4.74 Å². The number of carbonyl (C=O) groups excluding carboxylic acids is 1. The van der Waals surface area contributed by atoms with Crippen molar-refractivity contribution in [1.29, 1.82) is 0 Å². The molecule has 6 heteroatoms. The van der Waals surface area contributed by atoms with Gasteiger partial charge in [0, 0.05) is 23.1 Å². The molecule has 0 N–H and O–H groups in total. The summed E-state index contributed by atoms with van der Waals surface area (Å²) in [5, 5.41) is 0. The molecule has 2 heterocycles. The summed E-state index contributed by atoms with van der Waals surface area (Å²) in [6.07, 6.45) is 9.13. The van der Waals surface area contributed by atoms with E-state index in [1.807, 2.05) is 12.1 Å². The van der Waals surface area contributed by atoms with E-state index in [1.54, 1.807) is 24.7 Å². The van der Waals surface area contributed by atoms with Crippen LogP contribution in [0.2, 0.25) is 0 Å². The Morgan fingerprint density at radius 1 is 1.29 bits per heavy atom. The molecule has 1 aliphatic rings. The molecule has 0 spiro atoms. The summed E-state index contributed by atoms with van der Waals surface area (Å²) in [5.41, 5.74) is 1.55. The number of nitrogens with zero attached hydrogens (tertiary/aromatic N) is 2. The lowest BCUT2D eigenvalue weighted by molar-refractivity contribution is 0.0494. The molecule has 126 valence electrons. The van der Waals surface area contributed by atoms with Crippen molar-refractivity contribution in [2.45, 2.75) is 25.7 Å². The van der Waals surface area contributed by atoms with Crippen molar-refractivity contribution in [2.24, 2.45) is 5.92 Å². The minimum Gasteiger partial charge on any atom is -0.477 e. The number of rotatable bonds is 8. The molecule has 1 fully saturated rings. The summed E-state index contributed by atoms with van der Waals surface area (Å²) < 4.78 is 11.8. The fraction of sp³-hybridized carbons (Fsp3) is 0.389. The van der Waals surface area contributed by atoms with Crippen molar-refractivity contribution in [3.63, 3.8) is 0 Å². The minimum absolute atomic E-state index is 0.351. The standard InChI is InChI=1S/C18H19BrN2O3/c19-15-10-16(17(21-11-15)24-12-14-3-4-14)18(22)23-9-1-2-13-5-7-20-8-6-13/h5-8,10-11,14H,1-4,9,12H2. The van der Waals surface area contributed by atoms with Crippen LogP contribution in [0.1, 0.15) is 35.2 Å². The van der Waals surface area contributed by atoms with Crippen molar-refractivity contribution >= 4 is 21.9 Å². The summed E-state index contributed by atoms with van der Waals surface area (Å²) in [4.78, 5) is 20.5. The molecule has 1 saturated carbocycles. The Kier molecular flexibility index (Phi) is 5.80. The molecule has 1 aliphatic carbocycles. The van der Waals surface area contributed by atoms with Crippen molar-refractivity contribution < 1.29 is 14.3 Å². The number of pyridine rings is 2. The van der Waals surface area contributed by atoms with Gasteiger partial charge in [0.2, 0.25) is 5.88 Å². The fourth-order valence-electron chi connectivity index (χ4n) is 2.24. The van der Waals surface area contributed by atoms with Crippen LogP contribution in [-0.2, 0) is 11.2 Å². The second-order valence-corrected chi connectivity index (χ2v) is 6.77. The number of esters is 1. The third-order valence-corrected chi connectivity index (χ3v) is 4.22. The van der Waals surface area contributed by atoms with Crippen LogP contribution in [0.15, 0.2) is 41.3 Å². The number of hydrogen-bond donors (Lipinski definition) is 0. The zero-order chi connectivity index (χ0) is 16.8. The number of carbonyl (C=O) groups is 1. The predicted molar refractivity (Wildman–Crippen MR) is 93.0 cm³/mol. The van der Waals surface area contributed by atoms with E-state index < -0.39 is 5.97 Å². The van der Waals surface area contributed by atoms with E-state index in [9.17, 15) is 4.79 Å². The van der Waals surface area contributed by atoms with Gasteiger partial charge in [-0.1, -0.05) is 0 Å². The summed E-state index contributed by atoms with van der Waals surface area (Å²) in [5.74, 6) is 0.549. The van der Waals surface area contributed by atoms with E-state index in [4.69, 9.17) is 9.47 Å². The van der Waals surface area contributed by atoms with Crippen LogP contribution >= 0.6 is 15.9 Å². The van der Waals surface area contributed by atoms with Gasteiger partial charge in [-0.05, 0) is 71.3 Å². The molecule has 2 aromatic heterocycles. The van der Waals surface area contributed by atoms with Crippen LogP contribution in [0.25, 0.3) is 0 Å². The average molecular weight is 391 g/mol. The Hall–Kier alpha value is -1.95. The third-order valence-electron chi connectivity index (χ3n) is 3.78. The van der Waals surface area contributed by atoms with Gasteiger partial charge >= 0.3 is 5.97 Å². The molecule has 0 unspecified atom stereocenters. The molecule has 0 aromatic carbocycles. The zero-order valence-corrected chi connectivity index (χ0v) is 14.9. The van der Waals surface area contributed by atoms with Gasteiger partial charge in [0.25, 0.3) is 0 Å². The molecule has 2 aromatic rings. The summed E-state index contributed by atoms with van der Waals surface area (Å²) in [6, 6.07) is 5.62. The molecule has 0 amide bonds. The molecule has 0 bridgehead atoms. The summed E-state index contributed by atoms with van der Waals surface area (Å²) in [7, 11) is 0. The van der Waals surface area contributed by atoms with E-state index in [-0.39, 0.29) is 0 Å². The number of ether oxygens (including phenoxy) is 2. The highest BCUT2D eigenvalue weighted by atomic mass is 79.9. The topological polar surface area (TPSA) is 61.3 Å². The monoisotopic (exact) mass is 390 g/mol. The second-order valence-electron chi connectivity index (χ2n) is 5.86. The normalized spacial score (nSPS) is 13.5. The molecular formula is C18H19BrN2O3. The maximum atomic E-state index is 12.3. The van der Waals surface area contributed by atoms with Gasteiger partial charge in [-0.2, -0.15) is 0 Å². The Balaban J connectivity index is 1.52. The molecule has 0 saturated heterocycles. The second kappa shape index (κ2) is 8.24. The highest BCUT2D eigenvalue weighted by molar-refractivity contribution is 9.10. The maximum Gasteiger partial charge on any atom is 0.343 e. The first kappa shape index (κ1) is 16.9. The molecule has 3 rings (SSSR count). The van der Waals surface area contributed by atoms with Crippen LogP contribution in [0.3, 0.4) is 0 Å². The lowest BCUT2D eigenvalue weighted by Gasteiger charge is -2.10. The Morgan fingerprint density at radius 2 is 2.08 bits per heavy atom. The van der Waals surface area contributed by atoms with E-state index in [0.717, 1.165) is 17.3 Å². The number of aromatic nitrogens is 2. The Bertz CT molecular complexity index is 690. The number of aryl methyl sites for hydroxylation is 1. The first-order valence-corrected chi connectivity index (χ1v) is 8.86. The van der Waals surface area contributed by atoms with Gasteiger partial charge in [0.15, 0.2) is 0 Å². The lowest BCUT2D eigenvalue weighted by Crippen LogP contribution is -2.11. The lowest BCUT2D eigenvalue weighted by atomic mass is 10.1. The van der Waals surface area contributed by atoms with Gasteiger partial charge in [-0.3, -0.25) is 4.98 Å². The fourth-order valence-corrected chi connectivity index (χ4v) is 2.57. The maximum absolute atomic E-state index is 12.3. The van der Waals surface area contributed by atoms with Crippen LogP contribution in [0.4, 0.5) is 0 Å². The molecule has 0 radical (unpaired) electrons. The van der Waals surface area contributed by atoms with E-state index in [2.05, 4.69) is 25.9 Å². The van der Waals surface area contributed by atoms with E-state index in [1.165, 1.54) is 18.4 Å². The van der Waals surface area contributed by atoms with Gasteiger partial charge in [-0.15, -0.1) is 0 Å².